The first kappa shape index (κ1) is 21.0. The number of benzene rings is 1. The van der Waals surface area contributed by atoms with Gasteiger partial charge in [0.1, 0.15) is 0 Å². The summed E-state index contributed by atoms with van der Waals surface area (Å²) in [5, 5.41) is 3.78. The fourth-order valence-corrected chi connectivity index (χ4v) is 3.75. The number of carbonyl (C=O) groups is 1. The van der Waals surface area contributed by atoms with Crippen LogP contribution in [0.15, 0.2) is 32.6 Å². The summed E-state index contributed by atoms with van der Waals surface area (Å²) in [6.45, 7) is 12.4. The van der Waals surface area contributed by atoms with Crippen LogP contribution >= 0.6 is 27.7 Å². The summed E-state index contributed by atoms with van der Waals surface area (Å²) in [5.41, 5.74) is 0.270. The van der Waals surface area contributed by atoms with Crippen LogP contribution in [0.25, 0.3) is 10.9 Å². The summed E-state index contributed by atoms with van der Waals surface area (Å²) in [5.74, 6) is 0.223. The van der Waals surface area contributed by atoms with Crippen LogP contribution in [-0.2, 0) is 11.3 Å². The lowest BCUT2D eigenvalue weighted by molar-refractivity contribution is -0.121. The van der Waals surface area contributed by atoms with Crippen molar-refractivity contribution in [3.8, 4) is 0 Å². The average Bonchev–Trinajstić information content (AvgIpc) is 2.50. The number of hydrogen-bond acceptors (Lipinski definition) is 4. The Bertz CT molecular complexity index is 871. The molecular weight excluding hydrogens is 414 g/mol. The molecule has 2 aromatic rings. The van der Waals surface area contributed by atoms with E-state index in [1.165, 1.54) is 11.8 Å². The first-order valence-corrected chi connectivity index (χ1v) is 10.3. The molecule has 1 aromatic heterocycles. The van der Waals surface area contributed by atoms with Gasteiger partial charge in [-0.3, -0.25) is 14.2 Å². The summed E-state index contributed by atoms with van der Waals surface area (Å²) in [6, 6.07) is 5.49. The van der Waals surface area contributed by atoms with Gasteiger partial charge in [0.25, 0.3) is 5.56 Å². The van der Waals surface area contributed by atoms with Gasteiger partial charge in [0, 0.05) is 16.6 Å². The van der Waals surface area contributed by atoms with E-state index in [9.17, 15) is 9.59 Å². The standard InChI is InChI=1S/C19H26BrN3O2S/c1-11(2)10-23-17(25)14-9-13(20)7-8-15(14)21-18(23)26-12(3)16(24)22-19(4,5)6/h7-9,11-12H,10H2,1-6H3,(H,22,24). The molecule has 142 valence electrons. The summed E-state index contributed by atoms with van der Waals surface area (Å²) in [6.07, 6.45) is 0. The third kappa shape index (κ3) is 5.33. The Hall–Kier alpha value is -1.34. The molecule has 0 spiro atoms. The minimum atomic E-state index is -0.354. The molecule has 2 rings (SSSR count). The second kappa shape index (κ2) is 8.13. The minimum absolute atomic E-state index is 0.0660. The van der Waals surface area contributed by atoms with Gasteiger partial charge >= 0.3 is 0 Å². The van der Waals surface area contributed by atoms with E-state index >= 15 is 0 Å². The van der Waals surface area contributed by atoms with Gasteiger partial charge in [-0.1, -0.05) is 41.5 Å². The van der Waals surface area contributed by atoms with E-state index in [4.69, 9.17) is 0 Å². The molecule has 0 saturated heterocycles. The molecule has 0 fully saturated rings. The SMILES string of the molecule is CC(C)Cn1c(SC(C)C(=O)NC(C)(C)C)nc2ccc(Br)cc2c1=O. The maximum atomic E-state index is 13.0. The highest BCUT2D eigenvalue weighted by atomic mass is 79.9. The number of rotatable bonds is 5. The summed E-state index contributed by atoms with van der Waals surface area (Å²) >= 11 is 4.74. The third-order valence-electron chi connectivity index (χ3n) is 3.58. The van der Waals surface area contributed by atoms with Crippen LogP contribution in [0.3, 0.4) is 0 Å². The van der Waals surface area contributed by atoms with E-state index in [2.05, 4.69) is 40.1 Å². The van der Waals surface area contributed by atoms with Crippen molar-refractivity contribution in [1.29, 1.82) is 0 Å². The molecule has 1 N–H and O–H groups in total. The third-order valence-corrected chi connectivity index (χ3v) is 5.16. The number of carbonyl (C=O) groups excluding carboxylic acids is 1. The molecule has 0 aliphatic rings. The van der Waals surface area contributed by atoms with Crippen LogP contribution in [0.5, 0.6) is 0 Å². The predicted molar refractivity (Wildman–Crippen MR) is 112 cm³/mol. The molecule has 0 saturated carbocycles. The number of thioether (sulfide) groups is 1. The van der Waals surface area contributed by atoms with Crippen molar-refractivity contribution in [1.82, 2.24) is 14.9 Å². The molecule has 1 heterocycles. The molecule has 0 aliphatic heterocycles. The molecule has 7 heteroatoms. The van der Waals surface area contributed by atoms with Crippen molar-refractivity contribution in [2.24, 2.45) is 5.92 Å². The number of nitrogens with one attached hydrogen (secondary N) is 1. The topological polar surface area (TPSA) is 64.0 Å². The van der Waals surface area contributed by atoms with Gasteiger partial charge in [-0.25, -0.2) is 4.98 Å². The number of halogens is 1. The lowest BCUT2D eigenvalue weighted by Crippen LogP contribution is -2.44. The number of fused-ring (bicyclic) bond motifs is 1. The van der Waals surface area contributed by atoms with Crippen LogP contribution in [0.4, 0.5) is 0 Å². The maximum absolute atomic E-state index is 13.0. The number of amides is 1. The molecule has 0 bridgehead atoms. The number of aromatic nitrogens is 2. The van der Waals surface area contributed by atoms with Crippen LogP contribution in [0, 0.1) is 5.92 Å². The van der Waals surface area contributed by atoms with E-state index in [-0.39, 0.29) is 28.2 Å². The summed E-state index contributed by atoms with van der Waals surface area (Å²) < 4.78 is 2.53. The highest BCUT2D eigenvalue weighted by molar-refractivity contribution is 9.10. The number of nitrogens with zero attached hydrogens (tertiary/aromatic N) is 2. The van der Waals surface area contributed by atoms with E-state index in [1.807, 2.05) is 39.8 Å². The Kier molecular flexibility index (Phi) is 6.55. The molecule has 5 nitrogen and oxygen atoms in total. The first-order chi connectivity index (χ1) is 12.0. The second-order valence-corrected chi connectivity index (χ2v) is 10.1. The smallest absolute Gasteiger partial charge is 0.262 e. The summed E-state index contributed by atoms with van der Waals surface area (Å²) in [4.78, 5) is 30.1. The van der Waals surface area contributed by atoms with Crippen molar-refractivity contribution in [2.45, 2.75) is 64.0 Å². The molecule has 1 amide bonds. The van der Waals surface area contributed by atoms with Gasteiger partial charge < -0.3 is 5.32 Å². The van der Waals surface area contributed by atoms with E-state index in [0.29, 0.717) is 22.6 Å². The first-order valence-electron chi connectivity index (χ1n) is 8.66. The maximum Gasteiger partial charge on any atom is 0.262 e. The van der Waals surface area contributed by atoms with E-state index < -0.39 is 0 Å². The summed E-state index contributed by atoms with van der Waals surface area (Å²) in [7, 11) is 0. The Labute approximate surface area is 167 Å². The van der Waals surface area contributed by atoms with Gasteiger partial charge in [-0.15, -0.1) is 0 Å². The fraction of sp³-hybridized carbons (Fsp3) is 0.526. The van der Waals surface area contributed by atoms with E-state index in [1.54, 1.807) is 10.6 Å². The highest BCUT2D eigenvalue weighted by Crippen LogP contribution is 2.25. The Morgan fingerprint density at radius 1 is 1.31 bits per heavy atom. The van der Waals surface area contributed by atoms with E-state index in [0.717, 1.165) is 4.47 Å². The number of hydrogen-bond donors (Lipinski definition) is 1. The molecule has 0 aliphatic carbocycles. The lowest BCUT2D eigenvalue weighted by Gasteiger charge is -2.23. The molecule has 1 atom stereocenters. The quantitative estimate of drug-likeness (QED) is 0.559. The Balaban J connectivity index is 2.46. The molecule has 1 aromatic carbocycles. The van der Waals surface area contributed by atoms with Gasteiger partial charge in [0.05, 0.1) is 16.2 Å². The van der Waals surface area contributed by atoms with Crippen LogP contribution < -0.4 is 10.9 Å². The zero-order valence-corrected chi connectivity index (χ0v) is 18.5. The molecule has 1 unspecified atom stereocenters. The molecular formula is C19H26BrN3O2S. The van der Waals surface area contributed by atoms with Crippen LogP contribution in [-0.4, -0.2) is 26.2 Å². The molecule has 0 radical (unpaired) electrons. The van der Waals surface area contributed by atoms with Crippen molar-refractivity contribution >= 4 is 44.5 Å². The lowest BCUT2D eigenvalue weighted by atomic mass is 10.1. The molecule has 26 heavy (non-hydrogen) atoms. The Morgan fingerprint density at radius 2 is 1.96 bits per heavy atom. The van der Waals surface area contributed by atoms with Crippen LogP contribution in [0.1, 0.15) is 41.5 Å². The van der Waals surface area contributed by atoms with Crippen molar-refractivity contribution in [2.75, 3.05) is 0 Å². The zero-order chi connectivity index (χ0) is 19.6. The monoisotopic (exact) mass is 439 g/mol. The normalized spacial score (nSPS) is 13.2. The Morgan fingerprint density at radius 3 is 2.54 bits per heavy atom. The average molecular weight is 440 g/mol. The van der Waals surface area contributed by atoms with Crippen molar-refractivity contribution in [3.63, 3.8) is 0 Å². The van der Waals surface area contributed by atoms with Crippen molar-refractivity contribution < 1.29 is 4.79 Å². The minimum Gasteiger partial charge on any atom is -0.351 e. The predicted octanol–water partition coefficient (Wildman–Crippen LogP) is 4.21. The van der Waals surface area contributed by atoms with Gasteiger partial charge in [-0.05, 0) is 51.8 Å². The van der Waals surface area contributed by atoms with Gasteiger partial charge in [-0.2, -0.15) is 0 Å². The van der Waals surface area contributed by atoms with Gasteiger partial charge in [0.15, 0.2) is 5.16 Å². The second-order valence-electron chi connectivity index (χ2n) is 7.86. The van der Waals surface area contributed by atoms with Crippen molar-refractivity contribution in [3.05, 3.63) is 33.0 Å². The largest absolute Gasteiger partial charge is 0.351 e. The van der Waals surface area contributed by atoms with Crippen LogP contribution in [0.2, 0.25) is 0 Å². The fourth-order valence-electron chi connectivity index (χ4n) is 2.47. The zero-order valence-electron chi connectivity index (χ0n) is 16.1. The highest BCUT2D eigenvalue weighted by Gasteiger charge is 2.23. The van der Waals surface area contributed by atoms with Gasteiger partial charge in [0.2, 0.25) is 5.91 Å².